The summed E-state index contributed by atoms with van der Waals surface area (Å²) in [4.78, 5) is 24.0. The number of aliphatic hydroxyl groups excluding tert-OH is 1. The first-order chi connectivity index (χ1) is 14.0. The average molecular weight is 413 g/mol. The van der Waals surface area contributed by atoms with E-state index in [1.54, 1.807) is 12.1 Å². The highest BCUT2D eigenvalue weighted by molar-refractivity contribution is 6.35. The van der Waals surface area contributed by atoms with E-state index in [-0.39, 0.29) is 5.75 Å². The number of ether oxygens (including phenoxy) is 1. The van der Waals surface area contributed by atoms with E-state index >= 15 is 0 Å². The number of benzene rings is 2. The molecule has 29 heavy (non-hydrogen) atoms. The Kier molecular flexibility index (Phi) is 5.30. The second-order valence-electron chi connectivity index (χ2n) is 7.18. The molecule has 2 aromatic carbocycles. The summed E-state index contributed by atoms with van der Waals surface area (Å²) in [6.45, 7) is -0.175. The zero-order chi connectivity index (χ0) is 20.5. The van der Waals surface area contributed by atoms with Crippen LogP contribution in [0, 0.1) is 0 Å². The maximum Gasteiger partial charge on any atom is 0.337 e. The number of halogens is 1. The average Bonchev–Trinajstić information content (AvgIpc) is 3.06. The van der Waals surface area contributed by atoms with E-state index in [9.17, 15) is 9.59 Å². The van der Waals surface area contributed by atoms with E-state index in [2.05, 4.69) is 4.57 Å². The van der Waals surface area contributed by atoms with Gasteiger partial charge in [0.15, 0.2) is 0 Å². The summed E-state index contributed by atoms with van der Waals surface area (Å²) < 4.78 is 7.47. The van der Waals surface area contributed by atoms with Gasteiger partial charge in [-0.05, 0) is 42.5 Å². The van der Waals surface area contributed by atoms with E-state index < -0.39 is 24.4 Å². The van der Waals surface area contributed by atoms with Gasteiger partial charge in [-0.3, -0.25) is 4.79 Å². The van der Waals surface area contributed by atoms with Crippen molar-refractivity contribution >= 4 is 34.4 Å². The second kappa shape index (κ2) is 7.89. The summed E-state index contributed by atoms with van der Waals surface area (Å²) >= 11 is 6.59. The summed E-state index contributed by atoms with van der Waals surface area (Å²) in [6.07, 6.45) is 2.23. The van der Waals surface area contributed by atoms with Gasteiger partial charge >= 0.3 is 5.97 Å². The number of aromatic nitrogens is 1. The molecule has 150 valence electrons. The fourth-order valence-corrected chi connectivity index (χ4v) is 4.48. The van der Waals surface area contributed by atoms with Crippen molar-refractivity contribution in [1.29, 1.82) is 0 Å². The third kappa shape index (κ3) is 3.50. The van der Waals surface area contributed by atoms with Crippen molar-refractivity contribution in [2.24, 2.45) is 5.73 Å². The first-order valence-electron chi connectivity index (χ1n) is 9.49. The number of carbonyl (C=O) groups is 2. The van der Waals surface area contributed by atoms with Crippen LogP contribution in [0.4, 0.5) is 0 Å². The quantitative estimate of drug-likeness (QED) is 0.497. The SMILES string of the molecule is NC(=O)C1CCCc2c1c1c(OC(=O)CO)ccc(Cl)c1n2Cc1ccccc1. The number of primary amides is 1. The Morgan fingerprint density at radius 1 is 1.21 bits per heavy atom. The molecule has 7 heteroatoms. The van der Waals surface area contributed by atoms with Gasteiger partial charge in [-0.2, -0.15) is 0 Å². The number of hydrogen-bond acceptors (Lipinski definition) is 4. The van der Waals surface area contributed by atoms with Gasteiger partial charge < -0.3 is 20.1 Å². The van der Waals surface area contributed by atoms with Gasteiger partial charge in [0.05, 0.1) is 16.5 Å². The largest absolute Gasteiger partial charge is 0.424 e. The normalized spacial score (nSPS) is 15.9. The van der Waals surface area contributed by atoms with Gasteiger partial charge in [-0.15, -0.1) is 0 Å². The molecule has 0 saturated carbocycles. The molecule has 0 aliphatic heterocycles. The molecule has 6 nitrogen and oxygen atoms in total. The second-order valence-corrected chi connectivity index (χ2v) is 7.59. The van der Waals surface area contributed by atoms with Crippen LogP contribution in [0.3, 0.4) is 0 Å². The van der Waals surface area contributed by atoms with Gasteiger partial charge in [-0.25, -0.2) is 4.79 Å². The standard InChI is InChI=1S/C22H21ClN2O4/c23-15-9-10-17(29-18(27)12-26)20-19-14(22(24)28)7-4-8-16(19)25(21(15)20)11-13-5-2-1-3-6-13/h1-3,5-6,9-10,14,26H,4,7-8,11-12H2,(H2,24,28). The van der Waals surface area contributed by atoms with E-state index in [4.69, 9.17) is 27.2 Å². The van der Waals surface area contributed by atoms with Crippen molar-refractivity contribution in [2.45, 2.75) is 31.7 Å². The molecule has 3 N–H and O–H groups in total. The predicted molar refractivity (Wildman–Crippen MR) is 110 cm³/mol. The Morgan fingerprint density at radius 3 is 2.66 bits per heavy atom. The predicted octanol–water partition coefficient (Wildman–Crippen LogP) is 3.15. The molecule has 1 aliphatic rings. The molecule has 3 aromatic rings. The summed E-state index contributed by atoms with van der Waals surface area (Å²) in [5, 5.41) is 10.2. The fourth-order valence-electron chi connectivity index (χ4n) is 4.22. The van der Waals surface area contributed by atoms with Gasteiger partial charge in [0.1, 0.15) is 12.4 Å². The van der Waals surface area contributed by atoms with Crippen LogP contribution in [0.5, 0.6) is 5.75 Å². The molecule has 4 rings (SSSR count). The Labute approximate surface area is 172 Å². The monoisotopic (exact) mass is 412 g/mol. The lowest BCUT2D eigenvalue weighted by molar-refractivity contribution is -0.137. The lowest BCUT2D eigenvalue weighted by Crippen LogP contribution is -2.25. The van der Waals surface area contributed by atoms with E-state index in [1.807, 2.05) is 30.3 Å². The molecule has 1 amide bonds. The Hall–Kier alpha value is -2.83. The highest BCUT2D eigenvalue weighted by atomic mass is 35.5. The van der Waals surface area contributed by atoms with Gasteiger partial charge in [0.2, 0.25) is 5.91 Å². The third-order valence-corrected chi connectivity index (χ3v) is 5.71. The topological polar surface area (TPSA) is 94.6 Å². The number of esters is 1. The van der Waals surface area contributed by atoms with Crippen LogP contribution in [-0.2, 0) is 22.6 Å². The van der Waals surface area contributed by atoms with Gasteiger partial charge in [0, 0.05) is 17.6 Å². The molecular formula is C22H21ClN2O4. The van der Waals surface area contributed by atoms with Crippen molar-refractivity contribution in [2.75, 3.05) is 6.61 Å². The van der Waals surface area contributed by atoms with Crippen molar-refractivity contribution in [3.05, 3.63) is 64.3 Å². The summed E-state index contributed by atoms with van der Waals surface area (Å²) in [5.41, 5.74) is 9.27. The van der Waals surface area contributed by atoms with Crippen LogP contribution < -0.4 is 10.5 Å². The number of hydrogen-bond donors (Lipinski definition) is 2. The number of fused-ring (bicyclic) bond motifs is 3. The number of carbonyl (C=O) groups excluding carboxylic acids is 2. The van der Waals surface area contributed by atoms with E-state index in [0.29, 0.717) is 28.9 Å². The number of aliphatic hydroxyl groups is 1. The van der Waals surface area contributed by atoms with Crippen LogP contribution in [0.2, 0.25) is 5.02 Å². The highest BCUT2D eigenvalue weighted by Gasteiger charge is 2.33. The Bertz CT molecular complexity index is 1090. The van der Waals surface area contributed by atoms with Crippen LogP contribution in [-0.4, -0.2) is 28.2 Å². The lowest BCUT2D eigenvalue weighted by atomic mass is 9.84. The minimum absolute atomic E-state index is 0.277. The molecule has 1 aliphatic carbocycles. The molecule has 1 heterocycles. The number of nitrogens with zero attached hydrogens (tertiary/aromatic N) is 1. The molecular weight excluding hydrogens is 392 g/mol. The fraction of sp³-hybridized carbons (Fsp3) is 0.273. The minimum atomic E-state index is -0.774. The maximum atomic E-state index is 12.2. The van der Waals surface area contributed by atoms with Crippen molar-refractivity contribution in [3.8, 4) is 5.75 Å². The van der Waals surface area contributed by atoms with Crippen LogP contribution in [0.15, 0.2) is 42.5 Å². The smallest absolute Gasteiger partial charge is 0.337 e. The molecule has 0 radical (unpaired) electrons. The zero-order valence-electron chi connectivity index (χ0n) is 15.7. The van der Waals surface area contributed by atoms with Crippen LogP contribution in [0.25, 0.3) is 10.9 Å². The Morgan fingerprint density at radius 2 is 1.97 bits per heavy atom. The van der Waals surface area contributed by atoms with E-state index in [0.717, 1.165) is 29.7 Å². The van der Waals surface area contributed by atoms with Crippen LogP contribution in [0.1, 0.15) is 35.6 Å². The van der Waals surface area contributed by atoms with E-state index in [1.165, 1.54) is 0 Å². The number of amides is 1. The molecule has 0 bridgehead atoms. The Balaban J connectivity index is 2.01. The molecule has 1 unspecified atom stereocenters. The molecule has 0 spiro atoms. The highest BCUT2D eigenvalue weighted by Crippen LogP contribution is 2.45. The molecule has 1 atom stereocenters. The lowest BCUT2D eigenvalue weighted by Gasteiger charge is -2.22. The van der Waals surface area contributed by atoms with Crippen LogP contribution >= 0.6 is 11.6 Å². The molecule has 0 fully saturated rings. The first-order valence-corrected chi connectivity index (χ1v) is 9.87. The molecule has 1 aromatic heterocycles. The minimum Gasteiger partial charge on any atom is -0.424 e. The zero-order valence-corrected chi connectivity index (χ0v) is 16.5. The first kappa shape index (κ1) is 19.5. The van der Waals surface area contributed by atoms with Crippen molar-refractivity contribution in [1.82, 2.24) is 4.57 Å². The van der Waals surface area contributed by atoms with Gasteiger partial charge in [0.25, 0.3) is 0 Å². The maximum absolute atomic E-state index is 12.2. The number of nitrogens with two attached hydrogens (primary N) is 1. The van der Waals surface area contributed by atoms with Crippen molar-refractivity contribution in [3.63, 3.8) is 0 Å². The summed E-state index contributed by atoms with van der Waals surface area (Å²) in [6, 6.07) is 13.2. The summed E-state index contributed by atoms with van der Waals surface area (Å²) in [7, 11) is 0. The summed E-state index contributed by atoms with van der Waals surface area (Å²) in [5.74, 6) is -1.39. The van der Waals surface area contributed by atoms with Gasteiger partial charge in [-0.1, -0.05) is 41.9 Å². The molecule has 0 saturated heterocycles. The number of rotatable bonds is 5. The van der Waals surface area contributed by atoms with Crippen molar-refractivity contribution < 1.29 is 19.4 Å². The third-order valence-electron chi connectivity index (χ3n) is 5.40.